The smallest absolute Gasteiger partial charge is 0.161 e. The molecule has 4 nitrogen and oxygen atoms in total. The first kappa shape index (κ1) is 24.9. The Hall–Kier alpha value is -6.39. The summed E-state index contributed by atoms with van der Waals surface area (Å²) in [7, 11) is 0. The Morgan fingerprint density at radius 3 is 1.79 bits per heavy atom. The molecule has 4 heteroatoms. The summed E-state index contributed by atoms with van der Waals surface area (Å²) in [5.41, 5.74) is 10.7. The zero-order valence-electron chi connectivity index (χ0n) is 25.1. The van der Waals surface area contributed by atoms with Crippen LogP contribution in [0.1, 0.15) is 0 Å². The third-order valence-electron chi connectivity index (χ3n) is 9.75. The van der Waals surface area contributed by atoms with E-state index in [2.05, 4.69) is 120 Å². The molecular formula is C43H24N2O2. The monoisotopic (exact) mass is 600 g/mol. The number of fused-ring (bicyclic) bond motifs is 3. The molecule has 218 valence electrons. The number of hydrogen-bond acceptors (Lipinski definition) is 3. The van der Waals surface area contributed by atoms with Crippen LogP contribution >= 0.6 is 0 Å². The minimum atomic E-state index is 0.812. The maximum absolute atomic E-state index is 6.60. The lowest BCUT2D eigenvalue weighted by atomic mass is 10.00. The second-order valence-corrected chi connectivity index (χ2v) is 12.3. The molecule has 0 amide bonds. The average molecular weight is 601 g/mol. The molecule has 0 aliphatic carbocycles. The fraction of sp³-hybridized carbons (Fsp3) is 0. The van der Waals surface area contributed by atoms with Gasteiger partial charge in [0.15, 0.2) is 5.58 Å². The van der Waals surface area contributed by atoms with Crippen molar-refractivity contribution in [3.05, 3.63) is 146 Å². The van der Waals surface area contributed by atoms with Crippen molar-refractivity contribution in [2.24, 2.45) is 0 Å². The zero-order valence-corrected chi connectivity index (χ0v) is 25.1. The Bertz CT molecular complexity index is 2900. The first-order chi connectivity index (χ1) is 23.3. The van der Waals surface area contributed by atoms with Crippen molar-refractivity contribution in [3.8, 4) is 28.2 Å². The first-order valence-electron chi connectivity index (χ1n) is 15.9. The van der Waals surface area contributed by atoms with Crippen LogP contribution in [-0.2, 0) is 0 Å². The largest absolute Gasteiger partial charge is 0.456 e. The highest BCUT2D eigenvalue weighted by atomic mass is 16.3. The van der Waals surface area contributed by atoms with Gasteiger partial charge in [-0.3, -0.25) is 0 Å². The van der Waals surface area contributed by atoms with E-state index in [-0.39, 0.29) is 0 Å². The average Bonchev–Trinajstić information content (AvgIpc) is 3.63. The topological polar surface area (TPSA) is 44.1 Å². The molecule has 0 aliphatic heterocycles. The molecule has 0 spiro atoms. The molecule has 11 aromatic rings. The van der Waals surface area contributed by atoms with Gasteiger partial charge >= 0.3 is 0 Å². The van der Waals surface area contributed by atoms with Gasteiger partial charge in [-0.1, -0.05) is 97.1 Å². The van der Waals surface area contributed by atoms with Crippen molar-refractivity contribution < 1.29 is 8.83 Å². The van der Waals surface area contributed by atoms with E-state index in [9.17, 15) is 0 Å². The second kappa shape index (κ2) is 9.09. The number of benzene rings is 7. The van der Waals surface area contributed by atoms with Gasteiger partial charge in [-0.15, -0.1) is 0 Å². The lowest BCUT2D eigenvalue weighted by Crippen LogP contribution is -1.95. The Labute approximate surface area is 268 Å². The van der Waals surface area contributed by atoms with Gasteiger partial charge in [-0.05, 0) is 59.3 Å². The van der Waals surface area contributed by atoms with E-state index in [4.69, 9.17) is 13.8 Å². The highest BCUT2D eigenvalue weighted by molar-refractivity contribution is 6.33. The third kappa shape index (κ3) is 3.39. The molecule has 0 saturated heterocycles. The van der Waals surface area contributed by atoms with E-state index in [0.29, 0.717) is 0 Å². The molecule has 0 bridgehead atoms. The van der Waals surface area contributed by atoms with Crippen LogP contribution in [0.25, 0.3) is 105 Å². The number of aromatic nitrogens is 2. The molecular weight excluding hydrogens is 576 g/mol. The highest BCUT2D eigenvalue weighted by Crippen LogP contribution is 2.45. The fourth-order valence-corrected chi connectivity index (χ4v) is 7.69. The van der Waals surface area contributed by atoms with Gasteiger partial charge in [0.2, 0.25) is 0 Å². The molecule has 4 aromatic heterocycles. The lowest BCUT2D eigenvalue weighted by Gasteiger charge is -2.11. The van der Waals surface area contributed by atoms with Gasteiger partial charge in [0.05, 0.1) is 16.7 Å². The first-order valence-corrected chi connectivity index (χ1v) is 15.9. The van der Waals surface area contributed by atoms with E-state index in [0.717, 1.165) is 83.1 Å². The summed E-state index contributed by atoms with van der Waals surface area (Å²) in [5, 5.41) is 9.30. The van der Waals surface area contributed by atoms with E-state index in [1.54, 1.807) is 0 Å². The standard InChI is InChI=1S/C43H24N2O2/c1-2-8-28(9-3-1)42-43-31(30-12-4-5-13-35(30)47-43)24-32(44-42)25-16-20-29(21-17-25)45-33-22-18-26-10-6-14-36-38(26)40(33)41-34(45)23-19-27-11-7-15-37(46-36)39(27)41/h1-24H. The molecule has 0 atom stereocenters. The van der Waals surface area contributed by atoms with Crippen LogP contribution in [0.3, 0.4) is 0 Å². The minimum absolute atomic E-state index is 0.812. The Morgan fingerprint density at radius 2 is 1.09 bits per heavy atom. The van der Waals surface area contributed by atoms with Gasteiger partial charge < -0.3 is 13.4 Å². The summed E-state index contributed by atoms with van der Waals surface area (Å²) in [5.74, 6) is 0. The summed E-state index contributed by atoms with van der Waals surface area (Å²) in [4.78, 5) is 5.20. The normalized spacial score (nSPS) is 12.3. The van der Waals surface area contributed by atoms with Crippen LogP contribution in [0.4, 0.5) is 0 Å². The zero-order chi connectivity index (χ0) is 30.6. The van der Waals surface area contributed by atoms with Crippen LogP contribution < -0.4 is 0 Å². The molecule has 47 heavy (non-hydrogen) atoms. The van der Waals surface area contributed by atoms with Crippen molar-refractivity contribution in [3.63, 3.8) is 0 Å². The molecule has 0 unspecified atom stereocenters. The number of hydrogen-bond donors (Lipinski definition) is 0. The second-order valence-electron chi connectivity index (χ2n) is 12.3. The molecule has 11 rings (SSSR count). The van der Waals surface area contributed by atoms with E-state index < -0.39 is 0 Å². The van der Waals surface area contributed by atoms with Gasteiger partial charge in [0, 0.05) is 49.1 Å². The Balaban J connectivity index is 1.16. The van der Waals surface area contributed by atoms with Gasteiger partial charge in [0.1, 0.15) is 22.4 Å². The summed E-state index contributed by atoms with van der Waals surface area (Å²) < 4.78 is 15.4. The summed E-state index contributed by atoms with van der Waals surface area (Å²) >= 11 is 0. The highest BCUT2D eigenvalue weighted by Gasteiger charge is 2.22. The summed E-state index contributed by atoms with van der Waals surface area (Å²) in [6.07, 6.45) is 0. The van der Waals surface area contributed by atoms with Crippen molar-refractivity contribution in [2.75, 3.05) is 0 Å². The molecule has 0 N–H and O–H groups in total. The molecule has 0 fully saturated rings. The van der Waals surface area contributed by atoms with Crippen molar-refractivity contribution >= 4 is 76.5 Å². The predicted molar refractivity (Wildman–Crippen MR) is 193 cm³/mol. The van der Waals surface area contributed by atoms with E-state index >= 15 is 0 Å². The molecule has 7 aromatic carbocycles. The minimum Gasteiger partial charge on any atom is -0.456 e. The van der Waals surface area contributed by atoms with Crippen LogP contribution in [0.2, 0.25) is 0 Å². The number of nitrogens with zero attached hydrogens (tertiary/aromatic N) is 2. The Kier molecular flexibility index (Phi) is 4.81. The van der Waals surface area contributed by atoms with E-state index in [1.165, 1.54) is 21.5 Å². The SMILES string of the molecule is c1ccc(-c2nc(-c3ccc(-n4c5ccc6cccc7oc8cccc9ccc4c(c98)c5c67)cc3)cc3c2oc2ccccc23)cc1. The summed E-state index contributed by atoms with van der Waals surface area (Å²) in [6.45, 7) is 0. The van der Waals surface area contributed by atoms with Gasteiger partial charge in [-0.25, -0.2) is 4.98 Å². The number of rotatable bonds is 3. The van der Waals surface area contributed by atoms with Crippen molar-refractivity contribution in [1.29, 1.82) is 0 Å². The molecule has 4 heterocycles. The Morgan fingerprint density at radius 1 is 0.447 bits per heavy atom. The number of para-hydroxylation sites is 1. The van der Waals surface area contributed by atoms with Crippen LogP contribution in [0.15, 0.2) is 154 Å². The third-order valence-corrected chi connectivity index (χ3v) is 9.75. The maximum atomic E-state index is 6.60. The van der Waals surface area contributed by atoms with Gasteiger partial charge in [0.25, 0.3) is 0 Å². The van der Waals surface area contributed by atoms with E-state index in [1.807, 2.05) is 30.3 Å². The van der Waals surface area contributed by atoms with Crippen LogP contribution in [0.5, 0.6) is 0 Å². The number of pyridine rings is 1. The van der Waals surface area contributed by atoms with Crippen LogP contribution in [-0.4, -0.2) is 9.55 Å². The van der Waals surface area contributed by atoms with Crippen molar-refractivity contribution in [2.45, 2.75) is 0 Å². The molecule has 0 aliphatic rings. The lowest BCUT2D eigenvalue weighted by molar-refractivity contribution is 0.664. The van der Waals surface area contributed by atoms with Crippen LogP contribution in [0, 0.1) is 0 Å². The maximum Gasteiger partial charge on any atom is 0.161 e. The summed E-state index contributed by atoms with van der Waals surface area (Å²) in [6, 6.07) is 51.1. The molecule has 0 saturated carbocycles. The molecule has 0 radical (unpaired) electrons. The fourth-order valence-electron chi connectivity index (χ4n) is 7.69. The quantitative estimate of drug-likeness (QED) is 0.203. The van der Waals surface area contributed by atoms with Crippen molar-refractivity contribution in [1.82, 2.24) is 9.55 Å². The number of furan rings is 1. The predicted octanol–water partition coefficient (Wildman–Crippen LogP) is 11.9. The van der Waals surface area contributed by atoms with Gasteiger partial charge in [-0.2, -0.15) is 0 Å².